The first-order valence-corrected chi connectivity index (χ1v) is 10.2. The van der Waals surface area contributed by atoms with Gasteiger partial charge in [-0.25, -0.2) is 9.78 Å². The molecule has 1 N–H and O–H groups in total. The van der Waals surface area contributed by atoms with Crippen LogP contribution in [0.15, 0.2) is 29.1 Å². The Morgan fingerprint density at radius 1 is 1.29 bits per heavy atom. The van der Waals surface area contributed by atoms with Crippen LogP contribution in [0.4, 0.5) is 0 Å². The summed E-state index contributed by atoms with van der Waals surface area (Å²) in [6, 6.07) is 7.32. The normalized spacial score (nSPS) is 23.1. The topological polar surface area (TPSA) is 97.2 Å². The zero-order valence-electron chi connectivity index (χ0n) is 17.4. The maximum Gasteiger partial charge on any atom is 0.346 e. The number of aromatic nitrogens is 2. The Morgan fingerprint density at radius 2 is 2.06 bits per heavy atom. The summed E-state index contributed by atoms with van der Waals surface area (Å²) >= 11 is 0. The lowest BCUT2D eigenvalue weighted by Gasteiger charge is -2.23. The van der Waals surface area contributed by atoms with Gasteiger partial charge >= 0.3 is 5.97 Å². The molecule has 8 heteroatoms. The predicted octanol–water partition coefficient (Wildman–Crippen LogP) is 1.86. The van der Waals surface area contributed by atoms with Crippen LogP contribution in [0, 0.1) is 0 Å². The first-order valence-electron chi connectivity index (χ1n) is 10.2. The maximum absolute atomic E-state index is 13.3. The number of hydrogen-bond donors (Lipinski definition) is 1. The molecule has 0 bridgehead atoms. The Hall–Kier alpha value is -3.23. The second kappa shape index (κ2) is 5.93. The lowest BCUT2D eigenvalue weighted by Crippen LogP contribution is -2.38. The van der Waals surface area contributed by atoms with E-state index in [-0.39, 0.29) is 24.0 Å². The van der Waals surface area contributed by atoms with E-state index in [1.807, 2.05) is 31.1 Å². The number of benzene rings is 1. The van der Waals surface area contributed by atoms with Crippen molar-refractivity contribution in [2.45, 2.75) is 38.3 Å². The highest BCUT2D eigenvalue weighted by molar-refractivity contribution is 5.90. The number of esters is 1. The summed E-state index contributed by atoms with van der Waals surface area (Å²) in [4.78, 5) is 32.6. The molecule has 0 amide bonds. The van der Waals surface area contributed by atoms with Crippen LogP contribution in [0.5, 0.6) is 5.75 Å². The SMILES string of the molecule is CC1O[C@@]12C(=O)OCc1c2cc2n(c1=O)Cc1cc3c(CN(C)C)c(O)ccc3nc1-2. The van der Waals surface area contributed by atoms with Crippen molar-refractivity contribution in [3.8, 4) is 17.1 Å². The van der Waals surface area contributed by atoms with E-state index < -0.39 is 11.6 Å². The summed E-state index contributed by atoms with van der Waals surface area (Å²) in [5.41, 5.74) is 3.57. The molecule has 3 aliphatic rings. The average molecular weight is 419 g/mol. The number of phenolic OH excluding ortho intramolecular Hbond substituents is 1. The second-order valence-electron chi connectivity index (χ2n) is 8.75. The van der Waals surface area contributed by atoms with Gasteiger partial charge in [-0.15, -0.1) is 0 Å². The van der Waals surface area contributed by atoms with Crippen molar-refractivity contribution in [2.24, 2.45) is 0 Å². The number of cyclic esters (lactones) is 1. The summed E-state index contributed by atoms with van der Waals surface area (Å²) in [7, 11) is 3.89. The molecule has 2 atom stereocenters. The standard InChI is InChI=1S/C23H21N3O5/c1-11-23(31-11)16-7-18-20-12(8-26(18)21(28)15(16)10-30-22(23)29)6-13-14(9-25(2)3)19(27)5-4-17(13)24-20/h4-7,11,27H,8-10H2,1-3H3/t11?,23-/m0/s1. The Balaban J connectivity index is 1.58. The van der Waals surface area contributed by atoms with Crippen molar-refractivity contribution >= 4 is 16.9 Å². The van der Waals surface area contributed by atoms with Gasteiger partial charge in [0.25, 0.3) is 5.56 Å². The van der Waals surface area contributed by atoms with Crippen molar-refractivity contribution in [1.82, 2.24) is 14.5 Å². The molecule has 0 aliphatic carbocycles. The fourth-order valence-corrected chi connectivity index (χ4v) is 4.94. The molecule has 3 aliphatic heterocycles. The van der Waals surface area contributed by atoms with Crippen LogP contribution in [0.2, 0.25) is 0 Å². The number of rotatable bonds is 2. The molecule has 1 fully saturated rings. The van der Waals surface area contributed by atoms with Crippen LogP contribution in [0.3, 0.4) is 0 Å². The predicted molar refractivity (Wildman–Crippen MR) is 112 cm³/mol. The highest BCUT2D eigenvalue weighted by Gasteiger charge is 2.65. The number of carbonyl (C=O) groups excluding carboxylic acids is 1. The number of aromatic hydroxyl groups is 1. The molecule has 2 aromatic heterocycles. The smallest absolute Gasteiger partial charge is 0.346 e. The van der Waals surface area contributed by atoms with E-state index >= 15 is 0 Å². The van der Waals surface area contributed by atoms with Gasteiger partial charge < -0.3 is 24.0 Å². The lowest BCUT2D eigenvalue weighted by molar-refractivity contribution is -0.154. The lowest BCUT2D eigenvalue weighted by atomic mass is 9.90. The van der Waals surface area contributed by atoms with E-state index in [2.05, 4.69) is 0 Å². The highest BCUT2D eigenvalue weighted by atomic mass is 16.7. The minimum Gasteiger partial charge on any atom is -0.508 e. The molecule has 1 unspecified atom stereocenters. The molecule has 0 saturated carbocycles. The van der Waals surface area contributed by atoms with Crippen LogP contribution in [-0.2, 0) is 39.6 Å². The minimum atomic E-state index is -1.17. The Morgan fingerprint density at radius 3 is 2.77 bits per heavy atom. The molecule has 1 aromatic carbocycles. The number of pyridine rings is 2. The molecule has 0 radical (unpaired) electrons. The number of nitrogens with zero attached hydrogens (tertiary/aromatic N) is 3. The molecule has 8 nitrogen and oxygen atoms in total. The van der Waals surface area contributed by atoms with E-state index in [9.17, 15) is 14.7 Å². The molecule has 1 spiro atoms. The van der Waals surface area contributed by atoms with Crippen molar-refractivity contribution in [2.75, 3.05) is 14.1 Å². The summed E-state index contributed by atoms with van der Waals surface area (Å²) in [6.45, 7) is 2.72. The number of ether oxygens (including phenoxy) is 2. The summed E-state index contributed by atoms with van der Waals surface area (Å²) in [5.74, 6) is -0.214. The van der Waals surface area contributed by atoms with Crippen LogP contribution in [-0.4, -0.2) is 45.7 Å². The van der Waals surface area contributed by atoms with Gasteiger partial charge in [-0.3, -0.25) is 4.79 Å². The Kier molecular flexibility index (Phi) is 3.54. The van der Waals surface area contributed by atoms with E-state index in [1.54, 1.807) is 23.6 Å². The summed E-state index contributed by atoms with van der Waals surface area (Å²) in [5, 5.41) is 11.3. The zero-order chi connectivity index (χ0) is 21.7. The summed E-state index contributed by atoms with van der Waals surface area (Å²) in [6.07, 6.45) is -0.330. The molecule has 158 valence electrons. The molecular weight excluding hydrogens is 398 g/mol. The van der Waals surface area contributed by atoms with Gasteiger partial charge in [0.1, 0.15) is 18.5 Å². The average Bonchev–Trinajstić information content (AvgIpc) is 3.26. The van der Waals surface area contributed by atoms with Gasteiger partial charge in [0.15, 0.2) is 0 Å². The fourth-order valence-electron chi connectivity index (χ4n) is 4.94. The van der Waals surface area contributed by atoms with Gasteiger partial charge in [0.05, 0.1) is 29.0 Å². The van der Waals surface area contributed by atoms with Crippen LogP contribution >= 0.6 is 0 Å². The van der Waals surface area contributed by atoms with Crippen molar-refractivity contribution in [3.05, 3.63) is 56.9 Å². The third-order valence-electron chi connectivity index (χ3n) is 6.54. The van der Waals surface area contributed by atoms with Crippen LogP contribution < -0.4 is 5.56 Å². The molecule has 3 aromatic rings. The zero-order valence-corrected chi connectivity index (χ0v) is 17.4. The third-order valence-corrected chi connectivity index (χ3v) is 6.54. The van der Waals surface area contributed by atoms with E-state index in [0.29, 0.717) is 29.9 Å². The molecule has 31 heavy (non-hydrogen) atoms. The number of fused-ring (bicyclic) bond motifs is 6. The van der Waals surface area contributed by atoms with Gasteiger partial charge in [0.2, 0.25) is 5.60 Å². The number of carbonyl (C=O) groups is 1. The van der Waals surface area contributed by atoms with E-state index in [4.69, 9.17) is 14.5 Å². The van der Waals surface area contributed by atoms with Crippen molar-refractivity contribution in [3.63, 3.8) is 0 Å². The monoisotopic (exact) mass is 419 g/mol. The highest BCUT2D eigenvalue weighted by Crippen LogP contribution is 2.51. The summed E-state index contributed by atoms with van der Waals surface area (Å²) < 4.78 is 12.6. The van der Waals surface area contributed by atoms with E-state index in [0.717, 1.165) is 27.7 Å². The van der Waals surface area contributed by atoms with Gasteiger partial charge in [0, 0.05) is 28.6 Å². The van der Waals surface area contributed by atoms with Gasteiger partial charge in [-0.05, 0) is 45.3 Å². The van der Waals surface area contributed by atoms with Crippen molar-refractivity contribution in [1.29, 1.82) is 0 Å². The first-order chi connectivity index (χ1) is 14.8. The molecule has 5 heterocycles. The Labute approximate surface area is 177 Å². The molecular formula is C23H21N3O5. The Bertz CT molecular complexity index is 1380. The van der Waals surface area contributed by atoms with Crippen molar-refractivity contribution < 1.29 is 19.4 Å². The quantitative estimate of drug-likeness (QED) is 0.391. The molecule has 6 rings (SSSR count). The van der Waals surface area contributed by atoms with Gasteiger partial charge in [-0.1, -0.05) is 0 Å². The van der Waals surface area contributed by atoms with Crippen LogP contribution in [0.1, 0.15) is 29.2 Å². The first kappa shape index (κ1) is 18.5. The maximum atomic E-state index is 13.3. The number of phenols is 1. The fraction of sp³-hybridized carbons (Fsp3) is 0.348. The second-order valence-corrected chi connectivity index (χ2v) is 8.75. The molecule has 1 saturated heterocycles. The van der Waals surface area contributed by atoms with E-state index in [1.165, 1.54) is 0 Å². The number of epoxide rings is 1. The van der Waals surface area contributed by atoms with Crippen LogP contribution in [0.25, 0.3) is 22.3 Å². The minimum absolute atomic E-state index is 0.0439. The van der Waals surface area contributed by atoms with Gasteiger partial charge in [-0.2, -0.15) is 0 Å². The number of hydrogen-bond acceptors (Lipinski definition) is 7. The largest absolute Gasteiger partial charge is 0.508 e. The third kappa shape index (κ3) is 2.34.